The number of hydrogen-bond donors (Lipinski definition) is 4. The first-order valence-corrected chi connectivity index (χ1v) is 16.4. The van der Waals surface area contributed by atoms with Gasteiger partial charge in [0.15, 0.2) is 0 Å². The summed E-state index contributed by atoms with van der Waals surface area (Å²) in [5.41, 5.74) is -0.237. The van der Waals surface area contributed by atoms with Crippen LogP contribution in [0.4, 0.5) is 9.18 Å². The Bertz CT molecular complexity index is 1430. The molecule has 0 spiro atoms. The minimum Gasteiger partial charge on any atom is -0.481 e. The lowest BCUT2D eigenvalue weighted by Crippen LogP contribution is -2.53. The second-order valence-corrected chi connectivity index (χ2v) is 14.3. The van der Waals surface area contributed by atoms with Gasteiger partial charge in [0.05, 0.1) is 18.4 Å². The van der Waals surface area contributed by atoms with E-state index in [0.29, 0.717) is 23.4 Å². The van der Waals surface area contributed by atoms with Crippen molar-refractivity contribution in [3.63, 3.8) is 0 Å². The van der Waals surface area contributed by atoms with E-state index in [-0.39, 0.29) is 11.8 Å². The van der Waals surface area contributed by atoms with E-state index in [1.54, 1.807) is 24.3 Å². The third kappa shape index (κ3) is 9.21. The molecule has 4 rings (SSSR count). The van der Waals surface area contributed by atoms with Gasteiger partial charge in [0, 0.05) is 16.0 Å². The van der Waals surface area contributed by atoms with Crippen molar-refractivity contribution >= 4 is 35.5 Å². The number of ether oxygens (including phenoxy) is 1. The zero-order valence-corrected chi connectivity index (χ0v) is 27.7. The molecular formula is C35H45ClFN3O6. The average molecular weight is 658 g/mol. The highest BCUT2D eigenvalue weighted by Gasteiger charge is 2.44. The molecule has 4 atom stereocenters. The number of carbonyl (C=O) groups is 4. The topological polar surface area (TPSA) is 134 Å². The molecule has 9 nitrogen and oxygen atoms in total. The largest absolute Gasteiger partial charge is 0.481 e. The van der Waals surface area contributed by atoms with Gasteiger partial charge in [0.2, 0.25) is 11.8 Å². The van der Waals surface area contributed by atoms with Crippen molar-refractivity contribution in [2.75, 3.05) is 0 Å². The van der Waals surface area contributed by atoms with Crippen LogP contribution in [0.15, 0.2) is 48.5 Å². The fourth-order valence-corrected chi connectivity index (χ4v) is 7.01. The summed E-state index contributed by atoms with van der Waals surface area (Å²) in [6.07, 6.45) is 3.29. The number of carbonyl (C=O) groups excluding carboxylic acids is 3. The van der Waals surface area contributed by atoms with Gasteiger partial charge in [-0.15, -0.1) is 0 Å². The quantitative estimate of drug-likeness (QED) is 0.208. The number of hydrogen-bond acceptors (Lipinski definition) is 5. The zero-order chi connectivity index (χ0) is 33.6. The first-order chi connectivity index (χ1) is 21.6. The lowest BCUT2D eigenvalue weighted by molar-refractivity contribution is -0.138. The number of alkyl carbamates (subject to hydrolysis) is 1. The van der Waals surface area contributed by atoms with Crippen LogP contribution in [0.5, 0.6) is 0 Å². The van der Waals surface area contributed by atoms with E-state index in [9.17, 15) is 28.7 Å². The number of carboxylic acid groups (broad SMARTS) is 1. The summed E-state index contributed by atoms with van der Waals surface area (Å²) in [5.74, 6) is -3.13. The van der Waals surface area contributed by atoms with Crippen LogP contribution in [0.2, 0.25) is 5.02 Å². The summed E-state index contributed by atoms with van der Waals surface area (Å²) in [6, 6.07) is 10.9. The number of carboxylic acids is 1. The molecule has 250 valence electrons. The molecule has 2 aromatic rings. The number of nitrogens with one attached hydrogen (secondary N) is 3. The summed E-state index contributed by atoms with van der Waals surface area (Å²) in [7, 11) is 0. The van der Waals surface area contributed by atoms with Crippen LogP contribution in [0.25, 0.3) is 0 Å². The fourth-order valence-electron chi connectivity index (χ4n) is 6.82. The van der Waals surface area contributed by atoms with Crippen molar-refractivity contribution in [1.82, 2.24) is 16.0 Å². The molecule has 46 heavy (non-hydrogen) atoms. The van der Waals surface area contributed by atoms with Crippen molar-refractivity contribution < 1.29 is 33.4 Å². The first-order valence-electron chi connectivity index (χ1n) is 16.0. The van der Waals surface area contributed by atoms with Crippen LogP contribution >= 0.6 is 11.6 Å². The molecule has 4 N–H and O–H groups in total. The molecule has 1 saturated carbocycles. The molecule has 11 heteroatoms. The lowest BCUT2D eigenvalue weighted by Gasteiger charge is -2.35. The van der Waals surface area contributed by atoms with Crippen molar-refractivity contribution in [3.05, 3.63) is 70.5 Å². The van der Waals surface area contributed by atoms with Gasteiger partial charge in [-0.05, 0) is 68.0 Å². The number of halogens is 2. The van der Waals surface area contributed by atoms with E-state index in [0.717, 1.165) is 37.7 Å². The number of amides is 3. The van der Waals surface area contributed by atoms with Crippen molar-refractivity contribution in [2.24, 2.45) is 11.8 Å². The van der Waals surface area contributed by atoms with E-state index in [1.807, 2.05) is 33.8 Å². The highest BCUT2D eigenvalue weighted by Crippen LogP contribution is 2.41. The summed E-state index contributed by atoms with van der Waals surface area (Å²) in [4.78, 5) is 52.1. The standard InChI is InChI=1S/C35H45ClFN3O6/c1-34(2)20-26(31(43)40-34)27(19-29(41)42)38-32(44)28(16-21-10-6-5-7-11-21)39-33(45)46-30(22-12-8-15-25(37)17-22)35(3,4)23-13-9-14-24(36)18-23/h8-9,12-15,17-18,21,26-28,30H,5-7,10-11,16,19-20H2,1-4H3,(H,38,44)(H,39,45)(H,40,43)(H,41,42)/t26?,27?,28-,30?/m0/s1. The van der Waals surface area contributed by atoms with Crippen molar-refractivity contribution in [2.45, 2.75) is 108 Å². The third-order valence-corrected chi connectivity index (χ3v) is 9.47. The monoisotopic (exact) mass is 657 g/mol. The van der Waals surface area contributed by atoms with Crippen molar-refractivity contribution in [3.8, 4) is 0 Å². The SMILES string of the molecule is CC1(C)CC(C(CC(=O)O)NC(=O)[C@H](CC2CCCCC2)NC(=O)OC(c2cccc(F)c2)C(C)(C)c2cccc(Cl)c2)C(=O)N1. The smallest absolute Gasteiger partial charge is 0.408 e. The van der Waals surface area contributed by atoms with Crippen LogP contribution < -0.4 is 16.0 Å². The molecular weight excluding hydrogens is 613 g/mol. The molecule has 1 aliphatic carbocycles. The molecule has 0 aromatic heterocycles. The molecule has 2 aromatic carbocycles. The Kier molecular flexibility index (Phi) is 11.4. The average Bonchev–Trinajstić information content (AvgIpc) is 3.27. The van der Waals surface area contributed by atoms with E-state index in [4.69, 9.17) is 16.3 Å². The highest BCUT2D eigenvalue weighted by atomic mass is 35.5. The van der Waals surface area contributed by atoms with Gasteiger partial charge in [-0.25, -0.2) is 9.18 Å². The van der Waals surface area contributed by atoms with Gasteiger partial charge in [0.25, 0.3) is 0 Å². The Balaban J connectivity index is 1.60. The van der Waals surface area contributed by atoms with Gasteiger partial charge in [-0.2, -0.15) is 0 Å². The van der Waals surface area contributed by atoms with Gasteiger partial charge >= 0.3 is 12.1 Å². The van der Waals surface area contributed by atoms with Crippen LogP contribution in [0.1, 0.15) is 96.3 Å². The molecule has 1 aliphatic heterocycles. The van der Waals surface area contributed by atoms with Gasteiger partial charge in [-0.1, -0.05) is 81.8 Å². The highest BCUT2D eigenvalue weighted by molar-refractivity contribution is 6.30. The Morgan fingerprint density at radius 1 is 1.09 bits per heavy atom. The minimum absolute atomic E-state index is 0.165. The van der Waals surface area contributed by atoms with Crippen LogP contribution in [0.3, 0.4) is 0 Å². The maximum absolute atomic E-state index is 14.4. The predicted molar refractivity (Wildman–Crippen MR) is 173 cm³/mol. The Morgan fingerprint density at radius 3 is 2.39 bits per heavy atom. The lowest BCUT2D eigenvalue weighted by atomic mass is 9.76. The molecule has 3 unspecified atom stereocenters. The molecule has 1 saturated heterocycles. The number of rotatable bonds is 12. The molecule has 0 radical (unpaired) electrons. The first kappa shape index (κ1) is 35.2. The van der Waals surface area contributed by atoms with Crippen molar-refractivity contribution in [1.29, 1.82) is 0 Å². The minimum atomic E-state index is -1.15. The Morgan fingerprint density at radius 2 is 1.78 bits per heavy atom. The van der Waals surface area contributed by atoms with Crippen LogP contribution in [-0.2, 0) is 24.5 Å². The van der Waals surface area contributed by atoms with E-state index in [1.165, 1.54) is 18.2 Å². The maximum atomic E-state index is 14.4. The van der Waals surface area contributed by atoms with Gasteiger partial charge in [-0.3, -0.25) is 14.4 Å². The normalized spacial score (nSPS) is 20.2. The summed E-state index contributed by atoms with van der Waals surface area (Å²) in [6.45, 7) is 7.40. The summed E-state index contributed by atoms with van der Waals surface area (Å²) >= 11 is 6.29. The van der Waals surface area contributed by atoms with E-state index in [2.05, 4.69) is 16.0 Å². The van der Waals surface area contributed by atoms with E-state index < -0.39 is 65.3 Å². The van der Waals surface area contributed by atoms with Crippen LogP contribution in [0, 0.1) is 17.7 Å². The number of aliphatic carboxylic acids is 1. The molecule has 1 heterocycles. The molecule has 2 aliphatic rings. The second kappa shape index (κ2) is 14.8. The maximum Gasteiger partial charge on any atom is 0.408 e. The Labute approximate surface area is 275 Å². The van der Waals surface area contributed by atoms with Crippen LogP contribution in [-0.4, -0.2) is 46.6 Å². The molecule has 2 fully saturated rings. The number of benzene rings is 2. The summed E-state index contributed by atoms with van der Waals surface area (Å²) in [5, 5.41) is 18.5. The van der Waals surface area contributed by atoms with Gasteiger partial charge in [0.1, 0.15) is 18.0 Å². The van der Waals surface area contributed by atoms with Gasteiger partial charge < -0.3 is 25.8 Å². The predicted octanol–water partition coefficient (Wildman–Crippen LogP) is 6.44. The zero-order valence-electron chi connectivity index (χ0n) is 26.9. The third-order valence-electron chi connectivity index (χ3n) is 9.24. The fraction of sp³-hybridized carbons (Fsp3) is 0.543. The second-order valence-electron chi connectivity index (χ2n) is 13.9. The Hall–Kier alpha value is -3.66. The molecule has 3 amide bonds. The van der Waals surface area contributed by atoms with E-state index >= 15 is 0 Å². The molecule has 0 bridgehead atoms. The summed E-state index contributed by atoms with van der Waals surface area (Å²) < 4.78 is 20.4.